The van der Waals surface area contributed by atoms with Gasteiger partial charge in [0.2, 0.25) is 11.8 Å². The van der Waals surface area contributed by atoms with Crippen molar-refractivity contribution < 1.29 is 42.1 Å². The lowest BCUT2D eigenvalue weighted by Crippen LogP contribution is -2.62. The molecule has 1 unspecified atom stereocenters. The quantitative estimate of drug-likeness (QED) is 0.252. The van der Waals surface area contributed by atoms with Crippen molar-refractivity contribution in [3.8, 4) is 23.0 Å². The van der Waals surface area contributed by atoms with Gasteiger partial charge < -0.3 is 29.2 Å². The van der Waals surface area contributed by atoms with E-state index in [0.29, 0.717) is 54.2 Å². The molecule has 4 amide bonds. The Labute approximate surface area is 262 Å². The van der Waals surface area contributed by atoms with E-state index >= 15 is 4.39 Å². The number of nitrogens with zero attached hydrogens (tertiary/aromatic N) is 3. The Bertz CT molecular complexity index is 1800. The number of urea groups is 1. The Balaban J connectivity index is 1.23. The van der Waals surface area contributed by atoms with Crippen molar-refractivity contribution in [2.75, 3.05) is 44.2 Å². The summed E-state index contributed by atoms with van der Waals surface area (Å²) in [5.74, 6) is -3.00. The number of fused-ring (bicyclic) bond motifs is 1. The molecular weight excluding hydrogens is 602 g/mol. The third-order valence-electron chi connectivity index (χ3n) is 7.99. The summed E-state index contributed by atoms with van der Waals surface area (Å²) >= 11 is 0. The second-order valence-corrected chi connectivity index (χ2v) is 10.8. The number of benzene rings is 3. The lowest BCUT2D eigenvalue weighted by atomic mass is 9.98. The third-order valence-corrected chi connectivity index (χ3v) is 7.99. The molecule has 0 aliphatic carbocycles. The van der Waals surface area contributed by atoms with Crippen LogP contribution in [0.1, 0.15) is 12.8 Å². The molecule has 13 heteroatoms. The number of carbonyl (C=O) groups is 3. The molecule has 1 N–H and O–H groups in total. The van der Waals surface area contributed by atoms with E-state index in [4.69, 9.17) is 18.9 Å². The van der Waals surface area contributed by atoms with Crippen LogP contribution < -0.4 is 24.4 Å². The van der Waals surface area contributed by atoms with Gasteiger partial charge in [-0.25, -0.2) is 18.5 Å². The first-order valence-corrected chi connectivity index (χ1v) is 14.5. The van der Waals surface area contributed by atoms with Crippen molar-refractivity contribution in [2.24, 2.45) is 5.92 Å². The number of imide groups is 1. The van der Waals surface area contributed by atoms with Crippen molar-refractivity contribution in [1.29, 1.82) is 0 Å². The summed E-state index contributed by atoms with van der Waals surface area (Å²) in [5, 5.41) is 3.16. The van der Waals surface area contributed by atoms with Gasteiger partial charge in [0, 0.05) is 55.2 Å². The van der Waals surface area contributed by atoms with Crippen LogP contribution in [0.3, 0.4) is 0 Å². The number of aromatic nitrogens is 1. The standard InChI is InChI=1S/C33H30F2N4O7/c1-43-29-16-23-26(17-30(29)44-2)36-12-9-27(23)46-28-8-5-20(15-25(28)35)37-31(40)24-18-38(21-10-13-45-14-11-21)33(42)39(32(24)41)22-6-3-19(34)4-7-22/h3-9,12,15-17,21,24H,10-11,13-14,18H2,1-2H3,(H,37,40). The first-order valence-electron chi connectivity index (χ1n) is 14.5. The number of ether oxygens (including phenoxy) is 4. The minimum Gasteiger partial charge on any atom is -0.493 e. The van der Waals surface area contributed by atoms with Crippen LogP contribution in [0.15, 0.2) is 66.9 Å². The molecule has 2 aliphatic rings. The van der Waals surface area contributed by atoms with Crippen LogP contribution >= 0.6 is 0 Å². The highest BCUT2D eigenvalue weighted by molar-refractivity contribution is 6.23. The summed E-state index contributed by atoms with van der Waals surface area (Å²) in [6.07, 6.45) is 2.58. The van der Waals surface area contributed by atoms with Gasteiger partial charge in [0.25, 0.3) is 0 Å². The van der Waals surface area contributed by atoms with E-state index in [1.807, 2.05) is 0 Å². The maximum Gasteiger partial charge on any atom is 0.331 e. The van der Waals surface area contributed by atoms with Crippen LogP contribution in [-0.2, 0) is 14.3 Å². The first kappa shape index (κ1) is 30.7. The normalized spacial score (nSPS) is 17.3. The summed E-state index contributed by atoms with van der Waals surface area (Å²) in [4.78, 5) is 47.3. The van der Waals surface area contributed by atoms with E-state index in [1.165, 1.54) is 49.6 Å². The van der Waals surface area contributed by atoms with E-state index in [1.54, 1.807) is 18.2 Å². The zero-order valence-electron chi connectivity index (χ0n) is 25.0. The lowest BCUT2D eigenvalue weighted by Gasteiger charge is -2.42. The van der Waals surface area contributed by atoms with Gasteiger partial charge in [-0.05, 0) is 61.4 Å². The predicted octanol–water partition coefficient (Wildman–Crippen LogP) is 5.53. The van der Waals surface area contributed by atoms with Crippen LogP contribution in [0.2, 0.25) is 0 Å². The number of methoxy groups -OCH3 is 2. The van der Waals surface area contributed by atoms with Gasteiger partial charge >= 0.3 is 6.03 Å². The highest BCUT2D eigenvalue weighted by Crippen LogP contribution is 2.38. The Kier molecular flexibility index (Phi) is 8.66. The first-order chi connectivity index (χ1) is 22.3. The smallest absolute Gasteiger partial charge is 0.331 e. The molecule has 238 valence electrons. The van der Waals surface area contributed by atoms with E-state index in [2.05, 4.69) is 10.3 Å². The molecule has 2 saturated heterocycles. The molecule has 0 saturated carbocycles. The number of anilines is 2. The van der Waals surface area contributed by atoms with Gasteiger partial charge in [-0.1, -0.05) is 0 Å². The number of carbonyl (C=O) groups excluding carboxylic acids is 3. The number of amides is 4. The molecule has 2 fully saturated rings. The predicted molar refractivity (Wildman–Crippen MR) is 163 cm³/mol. The van der Waals surface area contributed by atoms with Gasteiger partial charge in [0.1, 0.15) is 17.5 Å². The van der Waals surface area contributed by atoms with Gasteiger partial charge in [0.05, 0.1) is 25.4 Å². The van der Waals surface area contributed by atoms with Crippen LogP contribution in [0, 0.1) is 17.6 Å². The zero-order chi connectivity index (χ0) is 32.4. The second kappa shape index (κ2) is 13.0. The van der Waals surface area contributed by atoms with E-state index in [-0.39, 0.29) is 29.7 Å². The zero-order valence-corrected chi connectivity index (χ0v) is 25.0. The molecule has 0 bridgehead atoms. The monoisotopic (exact) mass is 632 g/mol. The molecule has 2 aliphatic heterocycles. The van der Waals surface area contributed by atoms with E-state index in [0.717, 1.165) is 23.1 Å². The SMILES string of the molecule is COc1cc2nccc(Oc3ccc(NC(=O)C4CN(C5CCOCC5)C(=O)N(c5ccc(F)cc5)C4=O)cc3F)c2cc1OC. The van der Waals surface area contributed by atoms with E-state index in [9.17, 15) is 18.8 Å². The number of pyridine rings is 1. The molecular formula is C33H30F2N4O7. The molecule has 3 aromatic carbocycles. The average Bonchev–Trinajstić information content (AvgIpc) is 3.06. The number of rotatable bonds is 8. The molecule has 0 radical (unpaired) electrons. The van der Waals surface area contributed by atoms with Crippen molar-refractivity contribution in [2.45, 2.75) is 18.9 Å². The van der Waals surface area contributed by atoms with Crippen LogP contribution in [-0.4, -0.2) is 67.7 Å². The number of hydrogen-bond donors (Lipinski definition) is 1. The Morgan fingerprint density at radius 3 is 2.33 bits per heavy atom. The van der Waals surface area contributed by atoms with Gasteiger partial charge in [0.15, 0.2) is 23.1 Å². The topological polar surface area (TPSA) is 120 Å². The molecule has 1 aromatic heterocycles. The Hall–Kier alpha value is -5.30. The van der Waals surface area contributed by atoms with Crippen molar-refractivity contribution in [1.82, 2.24) is 9.88 Å². The summed E-state index contributed by atoms with van der Waals surface area (Å²) in [6, 6.07) is 12.8. The highest BCUT2D eigenvalue weighted by Gasteiger charge is 2.46. The maximum absolute atomic E-state index is 15.3. The maximum atomic E-state index is 15.3. The van der Waals surface area contributed by atoms with E-state index < -0.39 is 35.4 Å². The number of halogens is 2. The van der Waals surface area contributed by atoms with Gasteiger partial charge in [-0.15, -0.1) is 0 Å². The molecule has 46 heavy (non-hydrogen) atoms. The fraction of sp³-hybridized carbons (Fsp3) is 0.273. The second-order valence-electron chi connectivity index (χ2n) is 10.8. The third kappa shape index (κ3) is 6.01. The van der Waals surface area contributed by atoms with Crippen LogP contribution in [0.5, 0.6) is 23.0 Å². The van der Waals surface area contributed by atoms with Crippen molar-refractivity contribution in [3.63, 3.8) is 0 Å². The minimum absolute atomic E-state index is 0.0801. The molecule has 0 spiro atoms. The summed E-state index contributed by atoms with van der Waals surface area (Å²) < 4.78 is 51.0. The molecule has 11 nitrogen and oxygen atoms in total. The molecule has 6 rings (SSSR count). The summed E-state index contributed by atoms with van der Waals surface area (Å²) in [6.45, 7) is 0.694. The van der Waals surface area contributed by atoms with Gasteiger partial charge in [-0.3, -0.25) is 14.6 Å². The number of nitrogens with one attached hydrogen (secondary N) is 1. The average molecular weight is 633 g/mol. The fourth-order valence-corrected chi connectivity index (χ4v) is 5.60. The van der Waals surface area contributed by atoms with Crippen LogP contribution in [0.25, 0.3) is 10.9 Å². The number of hydrogen-bond acceptors (Lipinski definition) is 8. The molecule has 3 heterocycles. The summed E-state index contributed by atoms with van der Waals surface area (Å²) in [5.41, 5.74) is 0.759. The largest absolute Gasteiger partial charge is 0.493 e. The highest BCUT2D eigenvalue weighted by atomic mass is 19.1. The van der Waals surface area contributed by atoms with Gasteiger partial charge in [-0.2, -0.15) is 0 Å². The summed E-state index contributed by atoms with van der Waals surface area (Å²) in [7, 11) is 3.00. The van der Waals surface area contributed by atoms with Crippen molar-refractivity contribution in [3.05, 3.63) is 78.5 Å². The minimum atomic E-state index is -1.31. The molecule has 1 atom stereocenters. The molecule has 4 aromatic rings. The Morgan fingerprint density at radius 1 is 0.913 bits per heavy atom. The fourth-order valence-electron chi connectivity index (χ4n) is 5.60. The van der Waals surface area contributed by atoms with Crippen LogP contribution in [0.4, 0.5) is 25.0 Å². The Morgan fingerprint density at radius 2 is 1.63 bits per heavy atom. The lowest BCUT2D eigenvalue weighted by molar-refractivity contribution is -0.132. The van der Waals surface area contributed by atoms with Crippen molar-refractivity contribution >= 4 is 40.1 Å².